The summed E-state index contributed by atoms with van der Waals surface area (Å²) in [4.78, 5) is 0. The first kappa shape index (κ1) is 18.0. The summed E-state index contributed by atoms with van der Waals surface area (Å²) >= 11 is 5.77. The van der Waals surface area contributed by atoms with Crippen LogP contribution in [0.2, 0.25) is 5.02 Å². The summed E-state index contributed by atoms with van der Waals surface area (Å²) in [7, 11) is 0. The molecule has 26 heavy (non-hydrogen) atoms. The van der Waals surface area contributed by atoms with Crippen LogP contribution in [0.15, 0.2) is 30.3 Å². The molecule has 0 spiro atoms. The Balaban J connectivity index is 1.65. The third-order valence-corrected chi connectivity index (χ3v) is 6.74. The first-order valence-corrected chi connectivity index (χ1v) is 10.2. The van der Waals surface area contributed by atoms with E-state index in [2.05, 4.69) is 6.92 Å². The Morgan fingerprint density at radius 2 is 1.88 bits per heavy atom. The summed E-state index contributed by atoms with van der Waals surface area (Å²) in [5.41, 5.74) is 3.48. The van der Waals surface area contributed by atoms with Gasteiger partial charge >= 0.3 is 0 Å². The van der Waals surface area contributed by atoms with Crippen molar-refractivity contribution in [3.8, 4) is 11.1 Å². The highest BCUT2D eigenvalue weighted by molar-refractivity contribution is 6.30. The van der Waals surface area contributed by atoms with Crippen LogP contribution in [0.4, 0.5) is 8.78 Å². The lowest BCUT2D eigenvalue weighted by atomic mass is 9.64. The molecule has 3 atom stereocenters. The van der Waals surface area contributed by atoms with E-state index in [4.69, 9.17) is 11.6 Å². The minimum absolute atomic E-state index is 0.0683. The molecule has 2 aromatic carbocycles. The van der Waals surface area contributed by atoms with Crippen molar-refractivity contribution in [3.05, 3.63) is 58.1 Å². The maximum atomic E-state index is 14.9. The molecule has 0 nitrogen and oxygen atoms in total. The quantitative estimate of drug-likeness (QED) is 0.520. The number of fused-ring (bicyclic) bond motifs is 3. The standard InChI is InChI=1S/C23H25ClF2/c1-2-3-14-4-8-18-15(10-14)5-6-16-11-20(22(25)13-19(16)18)17-7-9-21(24)23(26)12-17/h7,9,11-15,18H,2-6,8,10H2,1H3. The summed E-state index contributed by atoms with van der Waals surface area (Å²) < 4.78 is 28.7. The maximum Gasteiger partial charge on any atom is 0.142 e. The van der Waals surface area contributed by atoms with Gasteiger partial charge in [-0.3, -0.25) is 0 Å². The van der Waals surface area contributed by atoms with E-state index in [1.54, 1.807) is 12.1 Å². The molecule has 0 aromatic heterocycles. The van der Waals surface area contributed by atoms with Gasteiger partial charge in [0, 0.05) is 5.56 Å². The zero-order valence-corrected chi connectivity index (χ0v) is 16.0. The van der Waals surface area contributed by atoms with Gasteiger partial charge in [-0.25, -0.2) is 8.78 Å². The molecule has 0 amide bonds. The van der Waals surface area contributed by atoms with Gasteiger partial charge in [0.15, 0.2) is 0 Å². The largest absolute Gasteiger partial charge is 0.206 e. The highest BCUT2D eigenvalue weighted by Crippen LogP contribution is 2.48. The molecule has 3 heteroatoms. The molecule has 2 aliphatic rings. The zero-order chi connectivity index (χ0) is 18.3. The van der Waals surface area contributed by atoms with Crippen LogP contribution in [-0.4, -0.2) is 0 Å². The number of benzene rings is 2. The van der Waals surface area contributed by atoms with Crippen molar-refractivity contribution in [2.24, 2.45) is 11.8 Å². The highest BCUT2D eigenvalue weighted by atomic mass is 35.5. The molecule has 1 fully saturated rings. The second-order valence-electron chi connectivity index (χ2n) is 8.03. The van der Waals surface area contributed by atoms with Gasteiger partial charge in [-0.1, -0.05) is 37.4 Å². The molecular formula is C23H25ClF2. The molecule has 138 valence electrons. The van der Waals surface area contributed by atoms with Gasteiger partial charge in [0.1, 0.15) is 11.6 Å². The topological polar surface area (TPSA) is 0 Å². The average molecular weight is 375 g/mol. The van der Waals surface area contributed by atoms with Gasteiger partial charge in [0.2, 0.25) is 0 Å². The van der Waals surface area contributed by atoms with Crippen molar-refractivity contribution >= 4 is 11.6 Å². The normalized spacial score (nSPS) is 24.8. The number of halogens is 3. The van der Waals surface area contributed by atoms with Crippen LogP contribution in [0.5, 0.6) is 0 Å². The Kier molecular flexibility index (Phi) is 5.05. The van der Waals surface area contributed by atoms with E-state index in [0.717, 1.165) is 12.3 Å². The molecule has 0 aliphatic heterocycles. The van der Waals surface area contributed by atoms with Crippen molar-refractivity contribution in [1.82, 2.24) is 0 Å². The van der Waals surface area contributed by atoms with Gasteiger partial charge < -0.3 is 0 Å². The fourth-order valence-electron chi connectivity index (χ4n) is 5.18. The third-order valence-electron chi connectivity index (χ3n) is 6.43. The number of hydrogen-bond donors (Lipinski definition) is 0. The molecule has 0 heterocycles. The van der Waals surface area contributed by atoms with E-state index in [9.17, 15) is 8.78 Å². The Hall–Kier alpha value is -1.41. The van der Waals surface area contributed by atoms with Crippen molar-refractivity contribution in [2.75, 3.05) is 0 Å². The molecule has 0 N–H and O–H groups in total. The SMILES string of the molecule is CCCC1CCC2c3cc(F)c(-c4ccc(Cl)c(F)c4)cc3CCC2C1. The average Bonchev–Trinajstić information content (AvgIpc) is 2.63. The predicted molar refractivity (Wildman–Crippen MR) is 104 cm³/mol. The van der Waals surface area contributed by atoms with Crippen LogP contribution in [0, 0.1) is 23.5 Å². The monoisotopic (exact) mass is 374 g/mol. The minimum atomic E-state index is -0.504. The number of rotatable bonds is 3. The second-order valence-corrected chi connectivity index (χ2v) is 8.44. The van der Waals surface area contributed by atoms with Crippen molar-refractivity contribution in [3.63, 3.8) is 0 Å². The molecule has 0 bridgehead atoms. The summed E-state index contributed by atoms with van der Waals surface area (Å²) in [5.74, 6) is 1.30. The van der Waals surface area contributed by atoms with Crippen LogP contribution in [0.3, 0.4) is 0 Å². The summed E-state index contributed by atoms with van der Waals surface area (Å²) in [6, 6.07) is 8.19. The minimum Gasteiger partial charge on any atom is -0.206 e. The van der Waals surface area contributed by atoms with E-state index in [1.165, 1.54) is 61.8 Å². The molecule has 4 rings (SSSR count). The maximum absolute atomic E-state index is 14.9. The van der Waals surface area contributed by atoms with E-state index in [-0.39, 0.29) is 10.8 Å². The Labute approximate surface area is 159 Å². The zero-order valence-electron chi connectivity index (χ0n) is 15.2. The third kappa shape index (κ3) is 3.29. The highest BCUT2D eigenvalue weighted by Gasteiger charge is 2.35. The Bertz CT molecular complexity index is 814. The lowest BCUT2D eigenvalue weighted by Gasteiger charge is -2.41. The van der Waals surface area contributed by atoms with E-state index >= 15 is 0 Å². The van der Waals surface area contributed by atoms with Crippen LogP contribution < -0.4 is 0 Å². The van der Waals surface area contributed by atoms with Crippen molar-refractivity contribution in [2.45, 2.75) is 57.8 Å². The van der Waals surface area contributed by atoms with Crippen molar-refractivity contribution in [1.29, 1.82) is 0 Å². The summed E-state index contributed by atoms with van der Waals surface area (Å²) in [6.45, 7) is 2.26. The molecule has 3 unspecified atom stereocenters. The molecule has 2 aliphatic carbocycles. The number of aryl methyl sites for hydroxylation is 1. The van der Waals surface area contributed by atoms with Crippen LogP contribution >= 0.6 is 11.6 Å². The van der Waals surface area contributed by atoms with Crippen LogP contribution in [0.25, 0.3) is 11.1 Å². The first-order valence-electron chi connectivity index (χ1n) is 9.84. The molecule has 0 radical (unpaired) electrons. The summed E-state index contributed by atoms with van der Waals surface area (Å²) in [5, 5.41) is 0.0683. The Morgan fingerprint density at radius 1 is 1.04 bits per heavy atom. The lowest BCUT2D eigenvalue weighted by molar-refractivity contribution is 0.201. The second kappa shape index (κ2) is 7.31. The van der Waals surface area contributed by atoms with Gasteiger partial charge in [0.25, 0.3) is 0 Å². The molecule has 0 saturated heterocycles. The van der Waals surface area contributed by atoms with Crippen molar-refractivity contribution < 1.29 is 8.78 Å². The predicted octanol–water partition coefficient (Wildman–Crippen LogP) is 7.53. The van der Waals surface area contributed by atoms with Crippen LogP contribution in [0.1, 0.15) is 62.5 Å². The molecular weight excluding hydrogens is 350 g/mol. The lowest BCUT2D eigenvalue weighted by Crippen LogP contribution is -2.28. The smallest absolute Gasteiger partial charge is 0.142 e. The van der Waals surface area contributed by atoms with E-state index < -0.39 is 5.82 Å². The van der Waals surface area contributed by atoms with Gasteiger partial charge in [0.05, 0.1) is 5.02 Å². The fourth-order valence-corrected chi connectivity index (χ4v) is 5.30. The van der Waals surface area contributed by atoms with E-state index in [0.29, 0.717) is 23.0 Å². The van der Waals surface area contributed by atoms with E-state index in [1.807, 2.05) is 6.07 Å². The Morgan fingerprint density at radius 3 is 2.65 bits per heavy atom. The summed E-state index contributed by atoms with van der Waals surface area (Å²) in [6.07, 6.45) is 8.51. The first-order chi connectivity index (χ1) is 12.6. The fraction of sp³-hybridized carbons (Fsp3) is 0.478. The molecule has 2 aromatic rings. The van der Waals surface area contributed by atoms with Gasteiger partial charge in [-0.2, -0.15) is 0 Å². The molecule has 1 saturated carbocycles. The van der Waals surface area contributed by atoms with Crippen LogP contribution in [-0.2, 0) is 6.42 Å². The number of hydrogen-bond acceptors (Lipinski definition) is 0. The van der Waals surface area contributed by atoms with Gasteiger partial charge in [-0.15, -0.1) is 0 Å². The van der Waals surface area contributed by atoms with Gasteiger partial charge in [-0.05, 0) is 90.8 Å².